The molecule has 3 amide bonds. The minimum atomic E-state index is -0.650. The Labute approximate surface area is 112 Å². The minimum absolute atomic E-state index is 0.0516. The first-order valence-corrected chi connectivity index (χ1v) is 5.97. The van der Waals surface area contributed by atoms with Crippen LogP contribution in [0.15, 0.2) is 22.7 Å². The number of hydrogen-bond donors (Lipinski definition) is 2. The van der Waals surface area contributed by atoms with Gasteiger partial charge in [-0.05, 0) is 25.1 Å². The van der Waals surface area contributed by atoms with E-state index >= 15 is 0 Å². The van der Waals surface area contributed by atoms with Crippen LogP contribution in [0.25, 0.3) is 0 Å². The number of hydrogen-bond acceptors (Lipinski definition) is 3. The normalized spacial score (nSPS) is 9.72. The van der Waals surface area contributed by atoms with E-state index in [0.29, 0.717) is 11.0 Å². The first kappa shape index (κ1) is 14.4. The van der Waals surface area contributed by atoms with E-state index in [9.17, 15) is 14.0 Å². The number of ether oxygens (including phenoxy) is 1. The highest BCUT2D eigenvalue weighted by molar-refractivity contribution is 9.10. The van der Waals surface area contributed by atoms with Crippen LogP contribution < -0.4 is 15.4 Å². The zero-order chi connectivity index (χ0) is 13.5. The third-order valence-electron chi connectivity index (χ3n) is 1.84. The summed E-state index contributed by atoms with van der Waals surface area (Å²) in [6.45, 7) is 1.69. The first-order valence-electron chi connectivity index (χ1n) is 5.18. The van der Waals surface area contributed by atoms with Gasteiger partial charge in [0.05, 0.1) is 0 Å². The molecule has 2 N–H and O–H groups in total. The molecule has 1 aromatic rings. The van der Waals surface area contributed by atoms with Gasteiger partial charge in [-0.3, -0.25) is 10.1 Å². The Bertz CT molecular complexity index is 454. The smallest absolute Gasteiger partial charge is 0.321 e. The quantitative estimate of drug-likeness (QED) is 0.889. The highest BCUT2D eigenvalue weighted by atomic mass is 79.9. The zero-order valence-corrected chi connectivity index (χ0v) is 11.2. The van der Waals surface area contributed by atoms with Crippen molar-refractivity contribution in [3.05, 3.63) is 28.5 Å². The maximum absolute atomic E-state index is 13.3. The molecule has 0 saturated carbocycles. The van der Waals surface area contributed by atoms with Gasteiger partial charge in [0.2, 0.25) is 0 Å². The number of imide groups is 1. The molecule has 1 rings (SSSR count). The monoisotopic (exact) mass is 318 g/mol. The number of carbonyl (C=O) groups excluding carboxylic acids is 2. The molecular weight excluding hydrogens is 307 g/mol. The van der Waals surface area contributed by atoms with Gasteiger partial charge in [-0.25, -0.2) is 9.18 Å². The van der Waals surface area contributed by atoms with Crippen LogP contribution in [-0.2, 0) is 4.79 Å². The molecule has 0 unspecified atom stereocenters. The van der Waals surface area contributed by atoms with E-state index in [1.807, 2.05) is 5.32 Å². The van der Waals surface area contributed by atoms with E-state index in [1.165, 1.54) is 12.1 Å². The number of rotatable bonds is 4. The lowest BCUT2D eigenvalue weighted by molar-refractivity contribution is -0.122. The summed E-state index contributed by atoms with van der Waals surface area (Å²) in [6, 6.07) is 3.58. The molecule has 0 heterocycles. The fourth-order valence-electron chi connectivity index (χ4n) is 1.10. The lowest BCUT2D eigenvalue weighted by Crippen LogP contribution is -2.41. The summed E-state index contributed by atoms with van der Waals surface area (Å²) < 4.78 is 18.8. The van der Waals surface area contributed by atoms with Gasteiger partial charge in [0.1, 0.15) is 0 Å². The number of carbonyl (C=O) groups is 2. The fourth-order valence-corrected chi connectivity index (χ4v) is 1.44. The average Bonchev–Trinajstić information content (AvgIpc) is 2.28. The molecular formula is C11H12BrFN2O3. The predicted octanol–water partition coefficient (Wildman–Crippen LogP) is 1.81. The average molecular weight is 319 g/mol. The van der Waals surface area contributed by atoms with Crippen molar-refractivity contribution in [2.75, 3.05) is 13.2 Å². The number of urea groups is 1. The molecule has 0 aromatic heterocycles. The molecule has 5 nitrogen and oxygen atoms in total. The van der Waals surface area contributed by atoms with E-state index in [1.54, 1.807) is 13.0 Å². The molecule has 7 heteroatoms. The molecule has 98 valence electrons. The second kappa shape index (κ2) is 6.95. The van der Waals surface area contributed by atoms with Crippen LogP contribution in [0, 0.1) is 5.82 Å². The minimum Gasteiger partial charge on any atom is -0.481 e. The van der Waals surface area contributed by atoms with Gasteiger partial charge in [0, 0.05) is 11.0 Å². The third kappa shape index (κ3) is 4.70. The molecule has 0 bridgehead atoms. The van der Waals surface area contributed by atoms with E-state index in [4.69, 9.17) is 4.74 Å². The third-order valence-corrected chi connectivity index (χ3v) is 2.34. The second-order valence-corrected chi connectivity index (χ2v) is 4.19. The zero-order valence-electron chi connectivity index (χ0n) is 9.63. The van der Waals surface area contributed by atoms with Crippen molar-refractivity contribution in [1.82, 2.24) is 10.6 Å². The van der Waals surface area contributed by atoms with Gasteiger partial charge in [-0.15, -0.1) is 0 Å². The summed E-state index contributed by atoms with van der Waals surface area (Å²) >= 11 is 3.10. The molecule has 1 aromatic carbocycles. The molecule has 0 aliphatic rings. The molecule has 0 radical (unpaired) electrons. The van der Waals surface area contributed by atoms with Crippen LogP contribution in [-0.4, -0.2) is 25.1 Å². The Morgan fingerprint density at radius 1 is 1.44 bits per heavy atom. The Morgan fingerprint density at radius 2 is 2.17 bits per heavy atom. The maximum atomic E-state index is 13.3. The van der Waals surface area contributed by atoms with Crippen LogP contribution in [0.1, 0.15) is 6.92 Å². The largest absolute Gasteiger partial charge is 0.481 e. The van der Waals surface area contributed by atoms with Gasteiger partial charge >= 0.3 is 6.03 Å². The van der Waals surface area contributed by atoms with Crippen molar-refractivity contribution in [1.29, 1.82) is 0 Å². The van der Waals surface area contributed by atoms with E-state index in [0.717, 1.165) is 0 Å². The van der Waals surface area contributed by atoms with Crippen LogP contribution in [0.2, 0.25) is 0 Å². The van der Waals surface area contributed by atoms with E-state index < -0.39 is 24.4 Å². The van der Waals surface area contributed by atoms with Crippen LogP contribution in [0.5, 0.6) is 5.75 Å². The number of benzene rings is 1. The summed E-state index contributed by atoms with van der Waals surface area (Å²) in [4.78, 5) is 22.2. The molecule has 0 atom stereocenters. The Balaban J connectivity index is 2.45. The van der Waals surface area contributed by atoms with Gasteiger partial charge in [0.25, 0.3) is 5.91 Å². The van der Waals surface area contributed by atoms with Gasteiger partial charge in [0.15, 0.2) is 18.2 Å². The van der Waals surface area contributed by atoms with Crippen molar-refractivity contribution in [2.45, 2.75) is 6.92 Å². The predicted molar refractivity (Wildman–Crippen MR) is 66.8 cm³/mol. The van der Waals surface area contributed by atoms with Crippen molar-refractivity contribution < 1.29 is 18.7 Å². The summed E-state index contributed by atoms with van der Waals surface area (Å²) in [7, 11) is 0. The number of nitrogens with one attached hydrogen (secondary N) is 2. The SMILES string of the molecule is CCNC(=O)NC(=O)COc1ccc(Br)cc1F. The van der Waals surface area contributed by atoms with Crippen molar-refractivity contribution in [3.8, 4) is 5.75 Å². The van der Waals surface area contributed by atoms with Crippen molar-refractivity contribution in [3.63, 3.8) is 0 Å². The van der Waals surface area contributed by atoms with Crippen LogP contribution >= 0.6 is 15.9 Å². The second-order valence-electron chi connectivity index (χ2n) is 3.27. The van der Waals surface area contributed by atoms with E-state index in [2.05, 4.69) is 21.2 Å². The number of halogens is 2. The number of amides is 3. The van der Waals surface area contributed by atoms with Crippen LogP contribution in [0.4, 0.5) is 9.18 Å². The standard InChI is InChI=1S/C11H12BrFN2O3/c1-2-14-11(17)15-10(16)6-18-9-4-3-7(12)5-8(9)13/h3-5H,2,6H2,1H3,(H2,14,15,16,17). The van der Waals surface area contributed by atoms with Gasteiger partial charge in [-0.1, -0.05) is 15.9 Å². The molecule has 0 fully saturated rings. The fraction of sp³-hybridized carbons (Fsp3) is 0.273. The van der Waals surface area contributed by atoms with Gasteiger partial charge < -0.3 is 10.1 Å². The summed E-state index contributed by atoms with van der Waals surface area (Å²) in [6.07, 6.45) is 0. The molecule has 0 spiro atoms. The lowest BCUT2D eigenvalue weighted by atomic mass is 10.3. The topological polar surface area (TPSA) is 67.4 Å². The molecule has 0 aliphatic heterocycles. The first-order chi connectivity index (χ1) is 8.52. The van der Waals surface area contributed by atoms with Gasteiger partial charge in [-0.2, -0.15) is 0 Å². The maximum Gasteiger partial charge on any atom is 0.321 e. The van der Waals surface area contributed by atoms with Crippen molar-refractivity contribution >= 4 is 27.9 Å². The lowest BCUT2D eigenvalue weighted by Gasteiger charge is -2.07. The highest BCUT2D eigenvalue weighted by Crippen LogP contribution is 2.21. The molecule has 18 heavy (non-hydrogen) atoms. The van der Waals surface area contributed by atoms with Crippen molar-refractivity contribution in [2.24, 2.45) is 0 Å². The Morgan fingerprint density at radius 3 is 2.78 bits per heavy atom. The Hall–Kier alpha value is -1.63. The summed E-state index contributed by atoms with van der Waals surface area (Å²) in [5.41, 5.74) is 0. The summed E-state index contributed by atoms with van der Waals surface area (Å²) in [5.74, 6) is -1.29. The van der Waals surface area contributed by atoms with Crippen LogP contribution in [0.3, 0.4) is 0 Å². The Kier molecular flexibility index (Phi) is 5.57. The summed E-state index contributed by atoms with van der Waals surface area (Å²) in [5, 5.41) is 4.42. The molecule has 0 aliphatic carbocycles. The highest BCUT2D eigenvalue weighted by Gasteiger charge is 2.09. The van der Waals surface area contributed by atoms with E-state index in [-0.39, 0.29) is 5.75 Å². The molecule has 0 saturated heterocycles.